The van der Waals surface area contributed by atoms with E-state index in [9.17, 15) is 4.79 Å². The zero-order valence-electron chi connectivity index (χ0n) is 12.2. The molecule has 1 aliphatic heterocycles. The Bertz CT molecular complexity index is 471. The number of hydrogen-bond acceptors (Lipinski definition) is 3. The third-order valence-corrected chi connectivity index (χ3v) is 4.38. The van der Waals surface area contributed by atoms with E-state index in [2.05, 4.69) is 11.8 Å². The average molecular weight is 296 g/mol. The first-order valence-corrected chi connectivity index (χ1v) is 7.61. The largest absolute Gasteiger partial charge is 0.466 e. The normalized spacial score (nSPS) is 18.8. The fourth-order valence-corrected chi connectivity index (χ4v) is 3.32. The highest BCUT2D eigenvalue weighted by atomic mass is 35.5. The average Bonchev–Trinajstić information content (AvgIpc) is 2.93. The van der Waals surface area contributed by atoms with Crippen molar-refractivity contribution in [3.05, 3.63) is 34.9 Å². The Labute approximate surface area is 125 Å². The smallest absolute Gasteiger partial charge is 0.308 e. The van der Waals surface area contributed by atoms with E-state index >= 15 is 0 Å². The van der Waals surface area contributed by atoms with Crippen LogP contribution in [-0.4, -0.2) is 30.6 Å². The maximum absolute atomic E-state index is 12.0. The quantitative estimate of drug-likeness (QED) is 0.777. The minimum absolute atomic E-state index is 0.165. The van der Waals surface area contributed by atoms with E-state index in [1.165, 1.54) is 12.8 Å². The van der Waals surface area contributed by atoms with Crippen LogP contribution in [0.2, 0.25) is 5.02 Å². The molecule has 0 aliphatic carbocycles. The van der Waals surface area contributed by atoms with E-state index in [4.69, 9.17) is 16.3 Å². The van der Waals surface area contributed by atoms with Crippen molar-refractivity contribution in [1.29, 1.82) is 0 Å². The van der Waals surface area contributed by atoms with Crippen molar-refractivity contribution in [1.82, 2.24) is 4.90 Å². The molecule has 0 spiro atoms. The van der Waals surface area contributed by atoms with Gasteiger partial charge in [-0.2, -0.15) is 0 Å². The van der Waals surface area contributed by atoms with Gasteiger partial charge in [-0.1, -0.05) is 29.8 Å². The highest BCUT2D eigenvalue weighted by Crippen LogP contribution is 2.38. The minimum atomic E-state index is -0.388. The van der Waals surface area contributed by atoms with Crippen molar-refractivity contribution in [2.24, 2.45) is 0 Å². The third kappa shape index (κ3) is 3.15. The van der Waals surface area contributed by atoms with Gasteiger partial charge in [0.2, 0.25) is 0 Å². The predicted molar refractivity (Wildman–Crippen MR) is 80.9 cm³/mol. The van der Waals surface area contributed by atoms with E-state index in [0.717, 1.165) is 18.7 Å². The summed E-state index contributed by atoms with van der Waals surface area (Å²) in [5, 5.41) is 0.714. The molecule has 0 saturated carbocycles. The highest BCUT2D eigenvalue weighted by Gasteiger charge is 2.39. The van der Waals surface area contributed by atoms with E-state index < -0.39 is 0 Å². The summed E-state index contributed by atoms with van der Waals surface area (Å²) < 4.78 is 5.15. The molecule has 2 rings (SSSR count). The van der Waals surface area contributed by atoms with Crippen LogP contribution in [0.3, 0.4) is 0 Å². The first-order valence-electron chi connectivity index (χ1n) is 7.23. The van der Waals surface area contributed by atoms with Crippen LogP contribution >= 0.6 is 11.6 Å². The molecule has 1 aromatic carbocycles. The summed E-state index contributed by atoms with van der Waals surface area (Å²) >= 11 is 6.37. The van der Waals surface area contributed by atoms with Crippen molar-refractivity contribution in [2.75, 3.05) is 19.7 Å². The van der Waals surface area contributed by atoms with Crippen LogP contribution in [0.1, 0.15) is 38.7 Å². The van der Waals surface area contributed by atoms with Gasteiger partial charge in [-0.25, -0.2) is 0 Å². The Hall–Kier alpha value is -1.06. The summed E-state index contributed by atoms with van der Waals surface area (Å²) in [6.45, 7) is 6.34. The zero-order chi connectivity index (χ0) is 14.6. The van der Waals surface area contributed by atoms with Crippen molar-refractivity contribution in [2.45, 2.75) is 38.6 Å². The van der Waals surface area contributed by atoms with Crippen LogP contribution in [0, 0.1) is 0 Å². The summed E-state index contributed by atoms with van der Waals surface area (Å²) in [5.74, 6) is -0.165. The summed E-state index contributed by atoms with van der Waals surface area (Å²) in [6.07, 6.45) is 2.68. The fraction of sp³-hybridized carbons (Fsp3) is 0.562. The Morgan fingerprint density at radius 2 is 2.00 bits per heavy atom. The first kappa shape index (κ1) is 15.3. The Morgan fingerprint density at radius 1 is 1.35 bits per heavy atom. The molecule has 0 aromatic heterocycles. The second-order valence-electron chi connectivity index (χ2n) is 5.43. The standard InChI is InChI=1S/C16H22ClNO2/c1-3-20-15(19)12-16(2,18-10-6-7-11-18)13-8-4-5-9-14(13)17/h4-5,8-9H,3,6-7,10-12H2,1-2H3. The monoisotopic (exact) mass is 295 g/mol. The van der Waals surface area contributed by atoms with Crippen LogP contribution in [0.25, 0.3) is 0 Å². The molecule has 110 valence electrons. The number of likely N-dealkylation sites (tertiary alicyclic amines) is 1. The number of esters is 1. The molecule has 1 heterocycles. The molecule has 1 aromatic rings. The summed E-state index contributed by atoms with van der Waals surface area (Å²) in [7, 11) is 0. The van der Waals surface area contributed by atoms with Crippen LogP contribution in [-0.2, 0) is 15.1 Å². The van der Waals surface area contributed by atoms with Gasteiger partial charge in [0, 0.05) is 5.02 Å². The maximum Gasteiger partial charge on any atom is 0.308 e. The van der Waals surface area contributed by atoms with Gasteiger partial charge in [0.25, 0.3) is 0 Å². The van der Waals surface area contributed by atoms with E-state index in [-0.39, 0.29) is 11.5 Å². The Balaban J connectivity index is 2.33. The lowest BCUT2D eigenvalue weighted by molar-refractivity contribution is -0.146. The van der Waals surface area contributed by atoms with Gasteiger partial charge in [0.15, 0.2) is 0 Å². The van der Waals surface area contributed by atoms with Gasteiger partial charge in [0.1, 0.15) is 0 Å². The number of rotatable bonds is 5. The van der Waals surface area contributed by atoms with Gasteiger partial charge in [-0.15, -0.1) is 0 Å². The van der Waals surface area contributed by atoms with E-state index in [1.54, 1.807) is 0 Å². The summed E-state index contributed by atoms with van der Waals surface area (Å²) in [4.78, 5) is 14.4. The van der Waals surface area contributed by atoms with Crippen molar-refractivity contribution in [3.63, 3.8) is 0 Å². The number of benzene rings is 1. The molecule has 0 N–H and O–H groups in total. The molecule has 0 radical (unpaired) electrons. The van der Waals surface area contributed by atoms with Crippen LogP contribution in [0.15, 0.2) is 24.3 Å². The van der Waals surface area contributed by atoms with E-state index in [0.29, 0.717) is 18.1 Å². The van der Waals surface area contributed by atoms with Crippen molar-refractivity contribution < 1.29 is 9.53 Å². The number of carbonyl (C=O) groups is 1. The predicted octanol–water partition coefficient (Wildman–Crippen LogP) is 3.60. The number of hydrogen-bond donors (Lipinski definition) is 0. The number of halogens is 1. The van der Waals surface area contributed by atoms with Gasteiger partial charge in [0.05, 0.1) is 18.6 Å². The number of ether oxygens (including phenoxy) is 1. The SMILES string of the molecule is CCOC(=O)CC(C)(c1ccccc1Cl)N1CCCC1. The molecule has 1 atom stereocenters. The topological polar surface area (TPSA) is 29.5 Å². The molecular formula is C16H22ClNO2. The molecule has 20 heavy (non-hydrogen) atoms. The third-order valence-electron chi connectivity index (χ3n) is 4.05. The molecule has 1 unspecified atom stereocenters. The summed E-state index contributed by atoms with van der Waals surface area (Å²) in [6, 6.07) is 7.79. The Kier molecular flexibility index (Phi) is 5.06. The number of carbonyl (C=O) groups excluding carboxylic acids is 1. The molecule has 3 nitrogen and oxygen atoms in total. The van der Waals surface area contributed by atoms with Gasteiger partial charge in [-0.05, 0) is 51.4 Å². The lowest BCUT2D eigenvalue weighted by Crippen LogP contribution is -2.44. The molecule has 1 fully saturated rings. The van der Waals surface area contributed by atoms with Gasteiger partial charge in [-0.3, -0.25) is 9.69 Å². The second-order valence-corrected chi connectivity index (χ2v) is 5.84. The van der Waals surface area contributed by atoms with Crippen LogP contribution in [0.4, 0.5) is 0 Å². The van der Waals surface area contributed by atoms with Gasteiger partial charge < -0.3 is 4.74 Å². The minimum Gasteiger partial charge on any atom is -0.466 e. The molecule has 1 aliphatic rings. The zero-order valence-corrected chi connectivity index (χ0v) is 12.9. The molecular weight excluding hydrogens is 274 g/mol. The molecule has 1 saturated heterocycles. The van der Waals surface area contributed by atoms with Gasteiger partial charge >= 0.3 is 5.97 Å². The maximum atomic E-state index is 12.0. The fourth-order valence-electron chi connectivity index (χ4n) is 2.98. The molecule has 0 amide bonds. The molecule has 0 bridgehead atoms. The van der Waals surface area contributed by atoms with Crippen molar-refractivity contribution in [3.8, 4) is 0 Å². The number of nitrogens with zero attached hydrogens (tertiary/aromatic N) is 1. The second kappa shape index (κ2) is 6.59. The first-order chi connectivity index (χ1) is 9.58. The molecule has 4 heteroatoms. The highest BCUT2D eigenvalue weighted by molar-refractivity contribution is 6.31. The van der Waals surface area contributed by atoms with E-state index in [1.807, 2.05) is 31.2 Å². The lowest BCUT2D eigenvalue weighted by Gasteiger charge is -2.39. The Morgan fingerprint density at radius 3 is 2.60 bits per heavy atom. The van der Waals surface area contributed by atoms with Crippen molar-refractivity contribution >= 4 is 17.6 Å². The summed E-state index contributed by atoms with van der Waals surface area (Å²) in [5.41, 5.74) is 0.623. The van der Waals surface area contributed by atoms with Crippen LogP contribution in [0.5, 0.6) is 0 Å². The van der Waals surface area contributed by atoms with Crippen LogP contribution < -0.4 is 0 Å². The lowest BCUT2D eigenvalue weighted by atomic mass is 9.86.